The fraction of sp³-hybridized carbons (Fsp3) is 0.0556. The van der Waals surface area contributed by atoms with Crippen molar-refractivity contribution in [2.75, 3.05) is 6.79 Å². The summed E-state index contributed by atoms with van der Waals surface area (Å²) in [6.45, 7) is 4.06. The maximum atomic E-state index is 12.8. The number of nitrogens with zero attached hydrogens (tertiary/aromatic N) is 1. The molecule has 5 nitrogen and oxygen atoms in total. The van der Waals surface area contributed by atoms with Crippen molar-refractivity contribution < 1.29 is 9.47 Å². The fourth-order valence-electron chi connectivity index (χ4n) is 2.64. The Morgan fingerprint density at radius 1 is 1.16 bits per heavy atom. The summed E-state index contributed by atoms with van der Waals surface area (Å²) in [6, 6.07) is 10.4. The van der Waals surface area contributed by atoms with Crippen LogP contribution in [0.25, 0.3) is 18.3 Å². The first-order valence-corrected chi connectivity index (χ1v) is 8.15. The van der Waals surface area contributed by atoms with E-state index in [4.69, 9.17) is 32.7 Å². The normalized spacial score (nSPS) is 13.4. The number of halogens is 2. The van der Waals surface area contributed by atoms with Gasteiger partial charge in [-0.15, -0.1) is 0 Å². The van der Waals surface area contributed by atoms with Gasteiger partial charge < -0.3 is 9.47 Å². The maximum absolute atomic E-state index is 12.8. The van der Waals surface area contributed by atoms with Gasteiger partial charge in [-0.1, -0.05) is 35.8 Å². The van der Waals surface area contributed by atoms with Gasteiger partial charge in [-0.05, 0) is 35.9 Å². The Hall–Kier alpha value is -2.63. The van der Waals surface area contributed by atoms with Crippen LogP contribution in [0.4, 0.5) is 0 Å². The van der Waals surface area contributed by atoms with Gasteiger partial charge in [0.15, 0.2) is 11.5 Å². The molecular formula is C18H12Cl2N2O3. The molecule has 1 aliphatic rings. The molecule has 126 valence electrons. The Bertz CT molecular complexity index is 1150. The molecule has 1 aliphatic heterocycles. The Morgan fingerprint density at radius 2 is 1.92 bits per heavy atom. The zero-order chi connectivity index (χ0) is 17.6. The van der Waals surface area contributed by atoms with Gasteiger partial charge >= 0.3 is 0 Å². The predicted octanol–water partition coefficient (Wildman–Crippen LogP) is 2.44. The van der Waals surface area contributed by atoms with Crippen LogP contribution >= 0.6 is 23.2 Å². The molecule has 0 unspecified atom stereocenters. The fourth-order valence-corrected chi connectivity index (χ4v) is 3.03. The molecular weight excluding hydrogens is 363 g/mol. The first kappa shape index (κ1) is 15.9. The van der Waals surface area contributed by atoms with Gasteiger partial charge in [0.25, 0.3) is 5.56 Å². The summed E-state index contributed by atoms with van der Waals surface area (Å²) >= 11 is 12.3. The van der Waals surface area contributed by atoms with Crippen LogP contribution < -0.4 is 25.6 Å². The molecule has 0 aliphatic carbocycles. The van der Waals surface area contributed by atoms with E-state index in [0.29, 0.717) is 43.4 Å². The molecule has 0 bridgehead atoms. The molecule has 1 aromatic heterocycles. The molecule has 0 saturated carbocycles. The second-order valence-corrected chi connectivity index (χ2v) is 6.34. The van der Waals surface area contributed by atoms with Crippen molar-refractivity contribution in [1.29, 1.82) is 0 Å². The number of aromatic amines is 1. The van der Waals surface area contributed by atoms with E-state index in [1.165, 1.54) is 4.68 Å². The highest BCUT2D eigenvalue weighted by Crippen LogP contribution is 2.36. The Morgan fingerprint density at radius 3 is 2.68 bits per heavy atom. The van der Waals surface area contributed by atoms with Gasteiger partial charge in [0.05, 0.1) is 21.3 Å². The minimum Gasteiger partial charge on any atom is -0.454 e. The number of hydrogen-bond donors (Lipinski definition) is 1. The topological polar surface area (TPSA) is 56.2 Å². The van der Waals surface area contributed by atoms with Crippen molar-refractivity contribution in [3.8, 4) is 17.2 Å². The van der Waals surface area contributed by atoms with Crippen LogP contribution in [-0.4, -0.2) is 16.6 Å². The minimum atomic E-state index is -0.249. The number of H-pyrrole nitrogens is 1. The smallest absolute Gasteiger partial charge is 0.279 e. The van der Waals surface area contributed by atoms with Crippen LogP contribution in [-0.2, 0) is 0 Å². The van der Waals surface area contributed by atoms with Gasteiger partial charge in [0.1, 0.15) is 0 Å². The quantitative estimate of drug-likeness (QED) is 0.749. The number of ether oxygens (including phenoxy) is 2. The first-order chi connectivity index (χ1) is 12.0. The van der Waals surface area contributed by atoms with Gasteiger partial charge in [0, 0.05) is 11.1 Å². The molecule has 25 heavy (non-hydrogen) atoms. The number of benzene rings is 2. The molecule has 0 amide bonds. The second kappa shape index (κ2) is 6.02. The van der Waals surface area contributed by atoms with Crippen LogP contribution in [0.5, 0.6) is 11.5 Å². The summed E-state index contributed by atoms with van der Waals surface area (Å²) in [4.78, 5) is 12.8. The van der Waals surface area contributed by atoms with E-state index >= 15 is 0 Å². The summed E-state index contributed by atoms with van der Waals surface area (Å²) < 4.78 is 12.0. The summed E-state index contributed by atoms with van der Waals surface area (Å²) in [6.07, 6.45) is 1.67. The van der Waals surface area contributed by atoms with Crippen LogP contribution in [0.1, 0.15) is 5.56 Å². The van der Waals surface area contributed by atoms with Gasteiger partial charge in [-0.3, -0.25) is 9.89 Å². The van der Waals surface area contributed by atoms with Gasteiger partial charge in [-0.2, -0.15) is 0 Å². The lowest BCUT2D eigenvalue weighted by atomic mass is 10.1. The van der Waals surface area contributed by atoms with Gasteiger partial charge in [-0.25, -0.2) is 4.68 Å². The molecule has 3 aromatic rings. The second-order valence-electron chi connectivity index (χ2n) is 5.50. The van der Waals surface area contributed by atoms with Crippen LogP contribution in [0, 0.1) is 0 Å². The summed E-state index contributed by atoms with van der Waals surface area (Å²) in [5, 5.41) is 4.82. The highest BCUT2D eigenvalue weighted by atomic mass is 35.5. The molecule has 1 N–H and O–H groups in total. The molecule has 0 fully saturated rings. The number of fused-ring (bicyclic) bond motifs is 1. The third-order valence-corrected chi connectivity index (χ3v) is 4.43. The third kappa shape index (κ3) is 2.81. The summed E-state index contributed by atoms with van der Waals surface area (Å²) in [5.74, 6) is 1.18. The van der Waals surface area contributed by atoms with Crippen molar-refractivity contribution in [1.82, 2.24) is 9.78 Å². The summed E-state index contributed by atoms with van der Waals surface area (Å²) in [7, 11) is 0. The Labute approximate surface area is 152 Å². The van der Waals surface area contributed by atoms with Crippen LogP contribution in [0.2, 0.25) is 10.0 Å². The molecule has 2 heterocycles. The Balaban J connectivity index is 1.89. The zero-order valence-electron chi connectivity index (χ0n) is 12.9. The third-order valence-electron chi connectivity index (χ3n) is 3.86. The van der Waals surface area contributed by atoms with Crippen molar-refractivity contribution in [3.05, 3.63) is 72.9 Å². The first-order valence-electron chi connectivity index (χ1n) is 7.40. The predicted molar refractivity (Wildman–Crippen MR) is 97.3 cm³/mol. The van der Waals surface area contributed by atoms with E-state index in [0.717, 1.165) is 0 Å². The average molecular weight is 375 g/mol. The highest BCUT2D eigenvalue weighted by molar-refractivity contribution is 6.32. The number of hydrogen-bond acceptors (Lipinski definition) is 3. The average Bonchev–Trinajstić information content (AvgIpc) is 3.14. The molecule has 0 saturated heterocycles. The molecule has 2 aromatic carbocycles. The largest absolute Gasteiger partial charge is 0.454 e. The zero-order valence-corrected chi connectivity index (χ0v) is 14.4. The molecule has 0 atom stereocenters. The summed E-state index contributed by atoms with van der Waals surface area (Å²) in [5.41, 5.74) is 1.02. The van der Waals surface area contributed by atoms with E-state index in [1.54, 1.807) is 42.5 Å². The Kier molecular flexibility index (Phi) is 3.82. The van der Waals surface area contributed by atoms with Crippen molar-refractivity contribution >= 4 is 35.9 Å². The molecule has 0 spiro atoms. The van der Waals surface area contributed by atoms with Crippen molar-refractivity contribution in [2.45, 2.75) is 0 Å². The van der Waals surface area contributed by atoms with E-state index in [1.807, 2.05) is 0 Å². The van der Waals surface area contributed by atoms with Crippen LogP contribution in [0.15, 0.2) is 41.2 Å². The minimum absolute atomic E-state index is 0.154. The number of aromatic nitrogens is 2. The lowest BCUT2D eigenvalue weighted by Gasteiger charge is -2.01. The van der Waals surface area contributed by atoms with Gasteiger partial charge in [0.2, 0.25) is 6.79 Å². The molecule has 7 heteroatoms. The maximum Gasteiger partial charge on any atom is 0.279 e. The van der Waals surface area contributed by atoms with E-state index in [-0.39, 0.29) is 12.4 Å². The van der Waals surface area contributed by atoms with Crippen molar-refractivity contribution in [3.63, 3.8) is 0 Å². The van der Waals surface area contributed by atoms with Crippen LogP contribution in [0.3, 0.4) is 0 Å². The molecule has 0 radical (unpaired) electrons. The van der Waals surface area contributed by atoms with E-state index < -0.39 is 0 Å². The van der Waals surface area contributed by atoms with E-state index in [9.17, 15) is 4.79 Å². The lowest BCUT2D eigenvalue weighted by Crippen LogP contribution is -2.34. The molecule has 4 rings (SSSR count). The van der Waals surface area contributed by atoms with E-state index in [2.05, 4.69) is 11.7 Å². The SMILES string of the molecule is C=c1[nH]n(-c2cccc(Cl)c2)c(=O)/c1=C\c1cc2c(cc1Cl)OCO2. The number of rotatable bonds is 2. The number of nitrogens with one attached hydrogen (secondary N) is 1. The highest BCUT2D eigenvalue weighted by Gasteiger charge is 2.16. The monoisotopic (exact) mass is 374 g/mol. The standard InChI is InChI=1S/C18H12Cl2N2O3/c1-10-14(5-11-6-16-17(8-15(11)20)25-9-24-16)18(23)22(21-10)13-4-2-3-12(19)7-13/h2-8,21H,1,9H2/b14-5-. The van der Waals surface area contributed by atoms with Crippen molar-refractivity contribution in [2.24, 2.45) is 0 Å². The lowest BCUT2D eigenvalue weighted by molar-refractivity contribution is 0.174.